The average Bonchev–Trinajstić information content (AvgIpc) is 2.99. The molecule has 4 N–H and O–H groups in total. The average molecular weight is 609 g/mol. The molecular formula is C35H60O8. The van der Waals surface area contributed by atoms with Gasteiger partial charge in [-0.3, -0.25) is 9.59 Å². The first-order valence-electron chi connectivity index (χ1n) is 16.5. The second-order valence-electron chi connectivity index (χ2n) is 11.2. The minimum absolute atomic E-state index is 0.0319. The predicted octanol–water partition coefficient (Wildman–Crippen LogP) is 6.41. The molecule has 0 unspecified atom stereocenters. The molecule has 8 nitrogen and oxygen atoms in total. The van der Waals surface area contributed by atoms with Crippen LogP contribution in [0.2, 0.25) is 0 Å². The standard InChI is InChI=1S/C35H60O8/c1-3-5-7-8-9-10-11-16-20-26-34(40)42-28-31(37)29-43-35(41)27-21-25-33(39)32(38)24-19-15-13-12-14-18-23-30(36)22-17-6-4-2/h12-15,18-19,23-24,30-33,36-39H,3-11,16-17,20-22,25-29H2,1-2H3/b14-12-,15-13+,23-18+,24-19+/t30-,31+,32-,33-/m1/s1. The van der Waals surface area contributed by atoms with Crippen LogP contribution < -0.4 is 0 Å². The number of hydrogen-bond donors (Lipinski definition) is 4. The van der Waals surface area contributed by atoms with Gasteiger partial charge in [-0.15, -0.1) is 0 Å². The Balaban J connectivity index is 3.89. The third-order valence-electron chi connectivity index (χ3n) is 6.93. The molecule has 0 aromatic rings. The van der Waals surface area contributed by atoms with Crippen LogP contribution in [0.4, 0.5) is 0 Å². The van der Waals surface area contributed by atoms with Gasteiger partial charge in [0.1, 0.15) is 19.3 Å². The van der Waals surface area contributed by atoms with Crippen LogP contribution >= 0.6 is 0 Å². The monoisotopic (exact) mass is 608 g/mol. The number of carbonyl (C=O) groups is 2. The third kappa shape index (κ3) is 28.3. The maximum absolute atomic E-state index is 11.9. The fourth-order valence-electron chi connectivity index (χ4n) is 4.23. The first-order chi connectivity index (χ1) is 20.8. The van der Waals surface area contributed by atoms with E-state index in [9.17, 15) is 30.0 Å². The molecule has 0 bridgehead atoms. The van der Waals surface area contributed by atoms with Crippen molar-refractivity contribution in [2.45, 2.75) is 147 Å². The second kappa shape index (κ2) is 29.8. The highest BCUT2D eigenvalue weighted by atomic mass is 16.6. The molecule has 8 heteroatoms. The summed E-state index contributed by atoms with van der Waals surface area (Å²) in [6.07, 6.45) is 25.5. The van der Waals surface area contributed by atoms with Gasteiger partial charge in [0.2, 0.25) is 0 Å². The Morgan fingerprint density at radius 3 is 1.60 bits per heavy atom. The molecule has 248 valence electrons. The van der Waals surface area contributed by atoms with Crippen molar-refractivity contribution in [3.63, 3.8) is 0 Å². The molecule has 0 saturated heterocycles. The zero-order chi connectivity index (χ0) is 32.0. The Bertz CT molecular complexity index is 789. The molecule has 0 amide bonds. The van der Waals surface area contributed by atoms with Gasteiger partial charge < -0.3 is 29.9 Å². The van der Waals surface area contributed by atoms with Gasteiger partial charge in [-0.05, 0) is 25.7 Å². The highest BCUT2D eigenvalue weighted by Crippen LogP contribution is 2.11. The van der Waals surface area contributed by atoms with E-state index in [2.05, 4.69) is 13.8 Å². The van der Waals surface area contributed by atoms with E-state index in [4.69, 9.17) is 9.47 Å². The molecule has 0 aliphatic carbocycles. The van der Waals surface area contributed by atoms with Crippen molar-refractivity contribution >= 4 is 11.9 Å². The Kier molecular flexibility index (Phi) is 28.2. The number of hydrogen-bond acceptors (Lipinski definition) is 8. The topological polar surface area (TPSA) is 134 Å². The molecule has 0 rings (SSSR count). The van der Waals surface area contributed by atoms with Crippen molar-refractivity contribution in [2.75, 3.05) is 13.2 Å². The molecule has 0 aromatic heterocycles. The van der Waals surface area contributed by atoms with E-state index >= 15 is 0 Å². The summed E-state index contributed by atoms with van der Waals surface area (Å²) in [5.41, 5.74) is 0. The summed E-state index contributed by atoms with van der Waals surface area (Å²) in [6, 6.07) is 0. The van der Waals surface area contributed by atoms with E-state index in [1.807, 2.05) is 6.08 Å². The summed E-state index contributed by atoms with van der Waals surface area (Å²) in [4.78, 5) is 23.8. The third-order valence-corrected chi connectivity index (χ3v) is 6.93. The normalized spacial score (nSPS) is 15.0. The minimum atomic E-state index is -1.09. The lowest BCUT2D eigenvalue weighted by Gasteiger charge is -2.14. The molecule has 0 fully saturated rings. The Morgan fingerprint density at radius 1 is 0.558 bits per heavy atom. The second-order valence-corrected chi connectivity index (χ2v) is 11.2. The van der Waals surface area contributed by atoms with Crippen LogP contribution in [0.1, 0.15) is 123 Å². The lowest BCUT2D eigenvalue weighted by molar-refractivity contribution is -0.152. The highest BCUT2D eigenvalue weighted by molar-refractivity contribution is 5.69. The first-order valence-corrected chi connectivity index (χ1v) is 16.5. The SMILES string of the molecule is CCCCCCCCCCCC(=O)OC[C@H](O)COC(=O)CCC[C@@H](O)[C@H](O)/C=C/C=C/C=C\C=C\[C@H](O)CCCCC. The fraction of sp³-hybridized carbons (Fsp3) is 0.714. The van der Waals surface area contributed by atoms with Crippen molar-refractivity contribution in [2.24, 2.45) is 0 Å². The van der Waals surface area contributed by atoms with Gasteiger partial charge in [-0.25, -0.2) is 0 Å². The number of carbonyl (C=O) groups excluding carboxylic acids is 2. The molecule has 4 atom stereocenters. The zero-order valence-corrected chi connectivity index (χ0v) is 26.8. The Labute approximate surface area is 260 Å². The number of aliphatic hydroxyl groups excluding tert-OH is 4. The van der Waals surface area contributed by atoms with Gasteiger partial charge in [0, 0.05) is 12.8 Å². The van der Waals surface area contributed by atoms with Crippen LogP contribution in [-0.2, 0) is 19.1 Å². The van der Waals surface area contributed by atoms with Crippen LogP contribution in [0.5, 0.6) is 0 Å². The van der Waals surface area contributed by atoms with Crippen LogP contribution in [0.15, 0.2) is 48.6 Å². The minimum Gasteiger partial charge on any atom is -0.463 e. The molecule has 0 radical (unpaired) electrons. The number of aliphatic hydroxyl groups is 4. The van der Waals surface area contributed by atoms with Crippen molar-refractivity contribution in [3.05, 3.63) is 48.6 Å². The van der Waals surface area contributed by atoms with Gasteiger partial charge in [0.15, 0.2) is 0 Å². The van der Waals surface area contributed by atoms with Crippen LogP contribution in [0.3, 0.4) is 0 Å². The van der Waals surface area contributed by atoms with Crippen molar-refractivity contribution < 1.29 is 39.5 Å². The van der Waals surface area contributed by atoms with Crippen LogP contribution in [-0.4, -0.2) is 70.0 Å². The summed E-state index contributed by atoms with van der Waals surface area (Å²) >= 11 is 0. The van der Waals surface area contributed by atoms with E-state index in [1.54, 1.807) is 36.5 Å². The molecule has 0 spiro atoms. The molecule has 0 aliphatic heterocycles. The first kappa shape index (κ1) is 40.7. The van der Waals surface area contributed by atoms with Crippen molar-refractivity contribution in [1.82, 2.24) is 0 Å². The van der Waals surface area contributed by atoms with Crippen LogP contribution in [0.25, 0.3) is 0 Å². The van der Waals surface area contributed by atoms with E-state index < -0.39 is 30.4 Å². The van der Waals surface area contributed by atoms with E-state index in [0.29, 0.717) is 12.8 Å². The number of rotatable bonds is 28. The quantitative estimate of drug-likeness (QED) is 0.0455. The zero-order valence-electron chi connectivity index (χ0n) is 26.8. The molecule has 0 saturated carbocycles. The van der Waals surface area contributed by atoms with Gasteiger partial charge in [0.05, 0.1) is 18.3 Å². The van der Waals surface area contributed by atoms with Gasteiger partial charge >= 0.3 is 11.9 Å². The maximum atomic E-state index is 11.9. The van der Waals surface area contributed by atoms with Gasteiger partial charge in [-0.1, -0.05) is 133 Å². The molecule has 43 heavy (non-hydrogen) atoms. The predicted molar refractivity (Wildman–Crippen MR) is 172 cm³/mol. The molecule has 0 aromatic carbocycles. The van der Waals surface area contributed by atoms with E-state index in [1.165, 1.54) is 44.6 Å². The largest absolute Gasteiger partial charge is 0.463 e. The maximum Gasteiger partial charge on any atom is 0.305 e. The van der Waals surface area contributed by atoms with Gasteiger partial charge in [-0.2, -0.15) is 0 Å². The summed E-state index contributed by atoms with van der Waals surface area (Å²) < 4.78 is 10.1. The Morgan fingerprint density at radius 2 is 1.02 bits per heavy atom. The lowest BCUT2D eigenvalue weighted by Crippen LogP contribution is -2.26. The summed E-state index contributed by atoms with van der Waals surface area (Å²) in [7, 11) is 0. The number of ether oxygens (including phenoxy) is 2. The number of unbranched alkanes of at least 4 members (excludes halogenated alkanes) is 10. The van der Waals surface area contributed by atoms with E-state index in [-0.39, 0.29) is 32.0 Å². The molecule has 0 aliphatic rings. The van der Waals surface area contributed by atoms with E-state index in [0.717, 1.165) is 44.9 Å². The summed E-state index contributed by atoms with van der Waals surface area (Å²) in [5.74, 6) is -0.891. The Hall–Kier alpha value is -2.26. The van der Waals surface area contributed by atoms with Crippen LogP contribution in [0, 0.1) is 0 Å². The molecule has 0 heterocycles. The summed E-state index contributed by atoms with van der Waals surface area (Å²) in [5, 5.41) is 39.9. The molecular weight excluding hydrogens is 548 g/mol. The van der Waals surface area contributed by atoms with Gasteiger partial charge in [0.25, 0.3) is 0 Å². The number of esters is 2. The van der Waals surface area contributed by atoms with Crippen molar-refractivity contribution in [3.8, 4) is 0 Å². The smallest absolute Gasteiger partial charge is 0.305 e. The lowest BCUT2D eigenvalue weighted by atomic mass is 10.1. The summed E-state index contributed by atoms with van der Waals surface area (Å²) in [6.45, 7) is 3.85. The fourth-order valence-corrected chi connectivity index (χ4v) is 4.23. The van der Waals surface area contributed by atoms with Crippen molar-refractivity contribution in [1.29, 1.82) is 0 Å². The number of allylic oxidation sites excluding steroid dienone is 6. The highest BCUT2D eigenvalue weighted by Gasteiger charge is 2.15.